The Morgan fingerprint density at radius 1 is 1.65 bits per heavy atom. The molecule has 1 saturated carbocycles. The van der Waals surface area contributed by atoms with Gasteiger partial charge in [-0.25, -0.2) is 4.98 Å². The van der Waals surface area contributed by atoms with Crippen molar-refractivity contribution in [2.75, 3.05) is 13.1 Å². The third kappa shape index (κ3) is 3.56. The number of aryl methyl sites for hydroxylation is 1. The van der Waals surface area contributed by atoms with Crippen LogP contribution in [0.25, 0.3) is 0 Å². The van der Waals surface area contributed by atoms with Crippen molar-refractivity contribution in [1.29, 1.82) is 0 Å². The van der Waals surface area contributed by atoms with E-state index in [9.17, 15) is 4.79 Å². The zero-order valence-corrected chi connectivity index (χ0v) is 10.2. The Morgan fingerprint density at radius 2 is 2.41 bits per heavy atom. The molecule has 94 valence electrons. The summed E-state index contributed by atoms with van der Waals surface area (Å²) >= 11 is 0. The van der Waals surface area contributed by atoms with Crippen LogP contribution in [-0.2, 0) is 17.9 Å². The van der Waals surface area contributed by atoms with Gasteiger partial charge in [0.15, 0.2) is 0 Å². The van der Waals surface area contributed by atoms with Crippen molar-refractivity contribution in [3.05, 3.63) is 18.2 Å². The van der Waals surface area contributed by atoms with Gasteiger partial charge in [-0.1, -0.05) is 0 Å². The van der Waals surface area contributed by atoms with Crippen LogP contribution in [0.15, 0.2) is 12.5 Å². The highest BCUT2D eigenvalue weighted by Crippen LogP contribution is 2.30. The lowest BCUT2D eigenvalue weighted by Gasteiger charge is -2.20. The fraction of sp³-hybridized carbons (Fsp3) is 0.667. The van der Waals surface area contributed by atoms with Crippen LogP contribution in [0.3, 0.4) is 0 Å². The summed E-state index contributed by atoms with van der Waals surface area (Å²) in [5.41, 5.74) is 1.09. The summed E-state index contributed by atoms with van der Waals surface area (Å²) in [6.07, 6.45) is 6.10. The molecule has 0 aromatic carbocycles. The van der Waals surface area contributed by atoms with Crippen LogP contribution in [-0.4, -0.2) is 38.6 Å². The van der Waals surface area contributed by atoms with E-state index in [4.69, 9.17) is 5.11 Å². The second kappa shape index (κ2) is 5.31. The van der Waals surface area contributed by atoms with Crippen LogP contribution >= 0.6 is 0 Å². The Morgan fingerprint density at radius 3 is 3.00 bits per heavy atom. The van der Waals surface area contributed by atoms with E-state index in [1.807, 2.05) is 11.1 Å². The normalized spacial score (nSPS) is 15.4. The largest absolute Gasteiger partial charge is 0.480 e. The number of aromatic nitrogens is 2. The molecule has 0 radical (unpaired) electrons. The van der Waals surface area contributed by atoms with E-state index in [0.717, 1.165) is 18.8 Å². The van der Waals surface area contributed by atoms with Gasteiger partial charge in [0, 0.05) is 25.8 Å². The number of carboxylic acid groups (broad SMARTS) is 1. The molecule has 1 aromatic rings. The quantitative estimate of drug-likeness (QED) is 0.774. The van der Waals surface area contributed by atoms with Gasteiger partial charge in [-0.2, -0.15) is 0 Å². The summed E-state index contributed by atoms with van der Waals surface area (Å²) in [6, 6.07) is 0. The average Bonchev–Trinajstić information content (AvgIpc) is 2.95. The van der Waals surface area contributed by atoms with Crippen LogP contribution in [0.5, 0.6) is 0 Å². The lowest BCUT2D eigenvalue weighted by atomic mass is 10.3. The molecule has 1 aliphatic rings. The van der Waals surface area contributed by atoms with Gasteiger partial charge in [0.1, 0.15) is 0 Å². The van der Waals surface area contributed by atoms with Crippen LogP contribution in [0, 0.1) is 5.92 Å². The lowest BCUT2D eigenvalue weighted by Crippen LogP contribution is -2.32. The Hall–Kier alpha value is -1.36. The number of carbonyl (C=O) groups is 1. The van der Waals surface area contributed by atoms with Crippen LogP contribution in [0.1, 0.15) is 25.5 Å². The minimum Gasteiger partial charge on any atom is -0.480 e. The molecule has 0 amide bonds. The van der Waals surface area contributed by atoms with Crippen molar-refractivity contribution in [3.63, 3.8) is 0 Å². The molecule has 2 rings (SSSR count). The third-order valence-electron chi connectivity index (χ3n) is 3.10. The SMILES string of the molecule is CCn1cncc1CN(CC(=O)O)CC1CC1. The Bertz CT molecular complexity index is 385. The van der Waals surface area contributed by atoms with Gasteiger partial charge in [0.2, 0.25) is 0 Å². The summed E-state index contributed by atoms with van der Waals surface area (Å²) in [6.45, 7) is 4.62. The fourth-order valence-electron chi connectivity index (χ4n) is 2.04. The first-order valence-corrected chi connectivity index (χ1v) is 6.12. The monoisotopic (exact) mass is 237 g/mol. The molecule has 17 heavy (non-hydrogen) atoms. The first-order valence-electron chi connectivity index (χ1n) is 6.12. The summed E-state index contributed by atoms with van der Waals surface area (Å²) in [7, 11) is 0. The summed E-state index contributed by atoms with van der Waals surface area (Å²) < 4.78 is 2.06. The van der Waals surface area contributed by atoms with Crippen molar-refractivity contribution >= 4 is 5.97 Å². The predicted octanol–water partition coefficient (Wildman–Crippen LogP) is 1.20. The molecule has 0 spiro atoms. The molecule has 0 aliphatic heterocycles. The molecule has 0 saturated heterocycles. The molecule has 1 fully saturated rings. The molecular formula is C12H19N3O2. The first-order chi connectivity index (χ1) is 8.19. The standard InChI is InChI=1S/C12H19N3O2/c1-2-15-9-13-5-11(15)7-14(8-12(16)17)6-10-3-4-10/h5,9-10H,2-4,6-8H2,1H3,(H,16,17). The van der Waals surface area contributed by atoms with Gasteiger partial charge in [0.05, 0.1) is 18.6 Å². The fourth-order valence-corrected chi connectivity index (χ4v) is 2.04. The minimum atomic E-state index is -0.756. The Kier molecular flexibility index (Phi) is 3.78. The first kappa shape index (κ1) is 12.1. The van der Waals surface area contributed by atoms with Gasteiger partial charge in [-0.15, -0.1) is 0 Å². The number of rotatable bonds is 7. The highest BCUT2D eigenvalue weighted by atomic mass is 16.4. The molecule has 0 unspecified atom stereocenters. The number of aliphatic carboxylic acids is 1. The third-order valence-corrected chi connectivity index (χ3v) is 3.10. The van der Waals surface area contributed by atoms with Crippen LogP contribution in [0.2, 0.25) is 0 Å². The number of hydrogen-bond donors (Lipinski definition) is 1. The van der Waals surface area contributed by atoms with Gasteiger partial charge in [-0.05, 0) is 25.7 Å². The van der Waals surface area contributed by atoms with E-state index in [2.05, 4.69) is 16.5 Å². The lowest BCUT2D eigenvalue weighted by molar-refractivity contribution is -0.138. The van der Waals surface area contributed by atoms with Crippen molar-refractivity contribution in [3.8, 4) is 0 Å². The zero-order valence-electron chi connectivity index (χ0n) is 10.2. The smallest absolute Gasteiger partial charge is 0.317 e. The Labute approximate surface area is 101 Å². The molecule has 1 aliphatic carbocycles. The molecule has 0 atom stereocenters. The number of hydrogen-bond acceptors (Lipinski definition) is 3. The molecule has 5 heteroatoms. The number of nitrogens with zero attached hydrogens (tertiary/aromatic N) is 3. The maximum absolute atomic E-state index is 10.8. The second-order valence-corrected chi connectivity index (χ2v) is 4.68. The van der Waals surface area contributed by atoms with Gasteiger partial charge >= 0.3 is 5.97 Å². The van der Waals surface area contributed by atoms with Crippen molar-refractivity contribution < 1.29 is 9.90 Å². The summed E-state index contributed by atoms with van der Waals surface area (Å²) in [5, 5.41) is 8.91. The van der Waals surface area contributed by atoms with E-state index in [1.165, 1.54) is 12.8 Å². The molecule has 5 nitrogen and oxygen atoms in total. The van der Waals surface area contributed by atoms with Crippen molar-refractivity contribution in [1.82, 2.24) is 14.5 Å². The van der Waals surface area contributed by atoms with E-state index < -0.39 is 5.97 Å². The summed E-state index contributed by atoms with van der Waals surface area (Å²) in [4.78, 5) is 16.9. The minimum absolute atomic E-state index is 0.116. The number of imidazole rings is 1. The number of carboxylic acids is 1. The van der Waals surface area contributed by atoms with Crippen molar-refractivity contribution in [2.24, 2.45) is 5.92 Å². The summed E-state index contributed by atoms with van der Waals surface area (Å²) in [5.74, 6) is -0.0550. The predicted molar refractivity (Wildman–Crippen MR) is 63.5 cm³/mol. The zero-order chi connectivity index (χ0) is 12.3. The second-order valence-electron chi connectivity index (χ2n) is 4.68. The molecule has 1 N–H and O–H groups in total. The van der Waals surface area contributed by atoms with E-state index in [-0.39, 0.29) is 6.54 Å². The van der Waals surface area contributed by atoms with Gasteiger partial charge < -0.3 is 9.67 Å². The van der Waals surface area contributed by atoms with E-state index in [0.29, 0.717) is 12.5 Å². The molecule has 1 heterocycles. The average molecular weight is 237 g/mol. The van der Waals surface area contributed by atoms with Crippen LogP contribution < -0.4 is 0 Å². The highest BCUT2D eigenvalue weighted by Gasteiger charge is 2.25. The van der Waals surface area contributed by atoms with Crippen molar-refractivity contribution in [2.45, 2.75) is 32.9 Å². The maximum Gasteiger partial charge on any atom is 0.317 e. The topological polar surface area (TPSA) is 58.4 Å². The van der Waals surface area contributed by atoms with E-state index in [1.54, 1.807) is 6.33 Å². The van der Waals surface area contributed by atoms with E-state index >= 15 is 0 Å². The highest BCUT2D eigenvalue weighted by molar-refractivity contribution is 5.69. The Balaban J connectivity index is 1.97. The van der Waals surface area contributed by atoms with Gasteiger partial charge in [-0.3, -0.25) is 9.69 Å². The molecule has 0 bridgehead atoms. The molecule has 1 aromatic heterocycles. The van der Waals surface area contributed by atoms with Crippen LogP contribution in [0.4, 0.5) is 0 Å². The molecular weight excluding hydrogens is 218 g/mol. The van der Waals surface area contributed by atoms with Gasteiger partial charge in [0.25, 0.3) is 0 Å². The maximum atomic E-state index is 10.8.